The van der Waals surface area contributed by atoms with Crippen LogP contribution in [0, 0.1) is 19.8 Å². The van der Waals surface area contributed by atoms with Gasteiger partial charge in [-0.05, 0) is 42.9 Å². The zero-order chi connectivity index (χ0) is 16.6. The van der Waals surface area contributed by atoms with Gasteiger partial charge in [-0.2, -0.15) is 0 Å². The van der Waals surface area contributed by atoms with E-state index in [4.69, 9.17) is 10.5 Å². The van der Waals surface area contributed by atoms with Gasteiger partial charge < -0.3 is 15.4 Å². The number of aryl methyl sites for hydroxylation is 2. The lowest BCUT2D eigenvalue weighted by Gasteiger charge is -2.17. The van der Waals surface area contributed by atoms with Crippen LogP contribution in [0.3, 0.4) is 0 Å². The minimum absolute atomic E-state index is 0.240. The number of hydrogen-bond acceptors (Lipinski definition) is 5. The largest absolute Gasteiger partial charge is 0.383 e. The van der Waals surface area contributed by atoms with Crippen molar-refractivity contribution in [1.29, 1.82) is 0 Å². The highest BCUT2D eigenvalue weighted by atomic mass is 32.1. The van der Waals surface area contributed by atoms with Gasteiger partial charge in [0, 0.05) is 26.6 Å². The number of benzene rings is 1. The van der Waals surface area contributed by atoms with Crippen molar-refractivity contribution in [3.63, 3.8) is 0 Å². The molecule has 0 unspecified atom stereocenters. The van der Waals surface area contributed by atoms with Crippen LogP contribution < -0.4 is 5.73 Å². The third-order valence-corrected chi connectivity index (χ3v) is 5.60. The number of nitrogens with two attached hydrogens (primary N) is 1. The standard InChI is InChI=1S/C17H23N3O2S/c1-10-6-13(11(2)16-15(10)19-17(18)23-16)7-12-8-14(21)20(9-12)4-5-22-3/h6,12H,4-5,7-9H2,1-3H3,(H2,18,19)/t12-/m0/s1. The number of hydrogen-bond donors (Lipinski definition) is 1. The maximum Gasteiger partial charge on any atom is 0.223 e. The number of amides is 1. The van der Waals surface area contributed by atoms with Crippen molar-refractivity contribution in [3.05, 3.63) is 22.8 Å². The van der Waals surface area contributed by atoms with Gasteiger partial charge in [0.25, 0.3) is 0 Å². The number of carbonyl (C=O) groups excluding carboxylic acids is 1. The van der Waals surface area contributed by atoms with Crippen molar-refractivity contribution in [2.24, 2.45) is 5.92 Å². The van der Waals surface area contributed by atoms with Crippen molar-refractivity contribution in [3.8, 4) is 0 Å². The maximum absolute atomic E-state index is 12.1. The maximum atomic E-state index is 12.1. The van der Waals surface area contributed by atoms with Crippen LogP contribution in [0.25, 0.3) is 10.2 Å². The summed E-state index contributed by atoms with van der Waals surface area (Å²) in [6, 6.07) is 2.21. The molecule has 2 N–H and O–H groups in total. The number of aromatic nitrogens is 1. The first-order chi connectivity index (χ1) is 11.0. The first kappa shape index (κ1) is 16.2. The Kier molecular flexibility index (Phi) is 4.55. The van der Waals surface area contributed by atoms with Gasteiger partial charge in [-0.1, -0.05) is 17.4 Å². The summed E-state index contributed by atoms with van der Waals surface area (Å²) in [4.78, 5) is 18.4. The molecule has 124 valence electrons. The van der Waals surface area contributed by atoms with Gasteiger partial charge in [0.2, 0.25) is 5.91 Å². The van der Waals surface area contributed by atoms with Gasteiger partial charge in [0.1, 0.15) is 0 Å². The molecule has 1 aromatic heterocycles. The van der Waals surface area contributed by atoms with Gasteiger partial charge >= 0.3 is 0 Å². The van der Waals surface area contributed by atoms with Gasteiger partial charge in [-0.25, -0.2) is 4.98 Å². The van der Waals surface area contributed by atoms with Crippen LogP contribution in [0.1, 0.15) is 23.1 Å². The quantitative estimate of drug-likeness (QED) is 0.913. The molecule has 0 saturated carbocycles. The summed E-state index contributed by atoms with van der Waals surface area (Å²) in [6.45, 7) is 6.32. The first-order valence-corrected chi connectivity index (χ1v) is 8.73. The van der Waals surface area contributed by atoms with E-state index in [0.717, 1.165) is 24.0 Å². The molecular formula is C17H23N3O2S. The summed E-state index contributed by atoms with van der Waals surface area (Å²) in [5, 5.41) is 0.616. The van der Waals surface area contributed by atoms with E-state index in [1.165, 1.54) is 15.8 Å². The van der Waals surface area contributed by atoms with E-state index >= 15 is 0 Å². The van der Waals surface area contributed by atoms with E-state index in [1.54, 1.807) is 18.4 Å². The minimum Gasteiger partial charge on any atom is -0.383 e. The van der Waals surface area contributed by atoms with E-state index in [9.17, 15) is 4.79 Å². The SMILES string of the molecule is COCCN1C[C@@H](Cc2cc(C)c3nc(N)sc3c2C)CC1=O. The normalized spacial score (nSPS) is 18.3. The summed E-state index contributed by atoms with van der Waals surface area (Å²) in [7, 11) is 1.67. The summed E-state index contributed by atoms with van der Waals surface area (Å²) >= 11 is 1.55. The smallest absolute Gasteiger partial charge is 0.223 e. The highest BCUT2D eigenvalue weighted by molar-refractivity contribution is 7.22. The highest BCUT2D eigenvalue weighted by Gasteiger charge is 2.29. The lowest BCUT2D eigenvalue weighted by molar-refractivity contribution is -0.128. The molecule has 0 aliphatic carbocycles. The molecule has 5 nitrogen and oxygen atoms in total. The van der Waals surface area contributed by atoms with Crippen molar-refractivity contribution in [1.82, 2.24) is 9.88 Å². The number of rotatable bonds is 5. The van der Waals surface area contributed by atoms with Crippen LogP contribution in [-0.2, 0) is 16.0 Å². The summed E-state index contributed by atoms with van der Waals surface area (Å²) in [6.07, 6.45) is 1.56. The summed E-state index contributed by atoms with van der Waals surface area (Å²) in [5.74, 6) is 0.615. The first-order valence-electron chi connectivity index (χ1n) is 7.91. The van der Waals surface area contributed by atoms with E-state index in [-0.39, 0.29) is 5.91 Å². The summed E-state index contributed by atoms with van der Waals surface area (Å²) < 4.78 is 6.26. The van der Waals surface area contributed by atoms with E-state index < -0.39 is 0 Å². The van der Waals surface area contributed by atoms with Crippen LogP contribution in [0.5, 0.6) is 0 Å². The molecule has 0 spiro atoms. The average Bonchev–Trinajstić information content (AvgIpc) is 3.06. The average molecular weight is 333 g/mol. The van der Waals surface area contributed by atoms with Crippen LogP contribution in [0.4, 0.5) is 5.13 Å². The molecule has 23 heavy (non-hydrogen) atoms. The Morgan fingerprint density at radius 1 is 1.48 bits per heavy atom. The number of ether oxygens (including phenoxy) is 1. The second-order valence-corrected chi connectivity index (χ2v) is 7.34. The number of likely N-dealkylation sites (tertiary alicyclic amines) is 1. The minimum atomic E-state index is 0.240. The molecule has 1 aliphatic heterocycles. The molecule has 2 heterocycles. The lowest BCUT2D eigenvalue weighted by atomic mass is 9.93. The van der Waals surface area contributed by atoms with E-state index in [1.807, 2.05) is 4.90 Å². The highest BCUT2D eigenvalue weighted by Crippen LogP contribution is 2.33. The Morgan fingerprint density at radius 2 is 2.26 bits per heavy atom. The second kappa shape index (κ2) is 6.45. The van der Waals surface area contributed by atoms with Crippen LogP contribution >= 0.6 is 11.3 Å². The van der Waals surface area contributed by atoms with Crippen LogP contribution in [0.15, 0.2) is 6.07 Å². The van der Waals surface area contributed by atoms with Crippen molar-refractivity contribution < 1.29 is 9.53 Å². The topological polar surface area (TPSA) is 68.4 Å². The molecule has 2 aromatic rings. The fourth-order valence-corrected chi connectivity index (χ4v) is 4.31. The molecule has 1 fully saturated rings. The molecule has 0 bridgehead atoms. The third kappa shape index (κ3) is 3.19. The number of nitrogen functional groups attached to an aromatic ring is 1. The zero-order valence-corrected chi connectivity index (χ0v) is 14.7. The number of thiazole rings is 1. The number of anilines is 1. The molecule has 1 saturated heterocycles. The van der Waals surface area contributed by atoms with Gasteiger partial charge in [0.15, 0.2) is 5.13 Å². The Bertz CT molecular complexity index is 741. The number of nitrogens with zero attached hydrogens (tertiary/aromatic N) is 2. The monoisotopic (exact) mass is 333 g/mol. The molecule has 6 heteroatoms. The van der Waals surface area contributed by atoms with Gasteiger partial charge in [0.05, 0.1) is 16.8 Å². The van der Waals surface area contributed by atoms with Gasteiger partial charge in [-0.3, -0.25) is 4.79 Å². The van der Waals surface area contributed by atoms with Crippen LogP contribution in [-0.4, -0.2) is 42.6 Å². The Hall–Kier alpha value is -1.66. The molecular weight excluding hydrogens is 310 g/mol. The molecule has 1 amide bonds. The Labute approximate surface area is 140 Å². The zero-order valence-electron chi connectivity index (χ0n) is 13.9. The molecule has 1 aliphatic rings. The molecule has 0 radical (unpaired) electrons. The van der Waals surface area contributed by atoms with Crippen molar-refractivity contribution >= 4 is 32.6 Å². The molecule has 1 atom stereocenters. The van der Waals surface area contributed by atoms with E-state index in [2.05, 4.69) is 24.9 Å². The van der Waals surface area contributed by atoms with E-state index in [0.29, 0.717) is 30.6 Å². The molecule has 1 aromatic carbocycles. The lowest BCUT2D eigenvalue weighted by Crippen LogP contribution is -2.28. The van der Waals surface area contributed by atoms with Gasteiger partial charge in [-0.15, -0.1) is 0 Å². The fraction of sp³-hybridized carbons (Fsp3) is 0.529. The van der Waals surface area contributed by atoms with Crippen molar-refractivity contribution in [2.75, 3.05) is 32.5 Å². The van der Waals surface area contributed by atoms with Crippen molar-refractivity contribution in [2.45, 2.75) is 26.7 Å². The predicted octanol–water partition coefficient (Wildman–Crippen LogP) is 2.53. The Balaban J connectivity index is 1.80. The number of fused-ring (bicyclic) bond motifs is 1. The Morgan fingerprint density at radius 3 is 3.00 bits per heavy atom. The third-order valence-electron chi connectivity index (χ3n) is 4.60. The predicted molar refractivity (Wildman–Crippen MR) is 93.8 cm³/mol. The second-order valence-electron chi connectivity index (χ2n) is 6.31. The fourth-order valence-electron chi connectivity index (χ4n) is 3.37. The number of methoxy groups -OCH3 is 1. The summed E-state index contributed by atoms with van der Waals surface area (Å²) in [5.41, 5.74) is 10.6. The number of carbonyl (C=O) groups is 1. The van der Waals surface area contributed by atoms with Crippen LogP contribution in [0.2, 0.25) is 0 Å². The molecule has 3 rings (SSSR count).